The molecule has 3 rings (SSSR count). The Morgan fingerprint density at radius 3 is 2.74 bits per heavy atom. The van der Waals surface area contributed by atoms with Crippen LogP contribution in [0.25, 0.3) is 10.6 Å². The lowest BCUT2D eigenvalue weighted by Crippen LogP contribution is -2.42. The standard InChI is InChI=1S/C18H22N2O2S/c1-12-11-23-17(19-12)14-5-7-15(8-6-14)18(22)20-9-3-4-16(10-20)13(2)21/h5-8,11,13,16,21H,3-4,9-10H2,1-2H3. The van der Waals surface area contributed by atoms with Gasteiger partial charge in [0.25, 0.3) is 5.91 Å². The minimum atomic E-state index is -0.360. The monoisotopic (exact) mass is 330 g/mol. The molecule has 1 fully saturated rings. The van der Waals surface area contributed by atoms with Crippen molar-refractivity contribution >= 4 is 17.2 Å². The van der Waals surface area contributed by atoms with Gasteiger partial charge >= 0.3 is 0 Å². The molecule has 0 bridgehead atoms. The highest BCUT2D eigenvalue weighted by molar-refractivity contribution is 7.13. The first-order chi connectivity index (χ1) is 11.0. The van der Waals surface area contributed by atoms with E-state index in [9.17, 15) is 9.90 Å². The van der Waals surface area contributed by atoms with Crippen molar-refractivity contribution in [2.45, 2.75) is 32.8 Å². The third-order valence-electron chi connectivity index (χ3n) is 4.43. The van der Waals surface area contributed by atoms with Gasteiger partial charge in [-0.15, -0.1) is 11.3 Å². The summed E-state index contributed by atoms with van der Waals surface area (Å²) in [7, 11) is 0. The maximum atomic E-state index is 12.7. The Morgan fingerprint density at radius 1 is 1.39 bits per heavy atom. The summed E-state index contributed by atoms with van der Waals surface area (Å²) in [6.45, 7) is 5.20. The van der Waals surface area contributed by atoms with Gasteiger partial charge in [-0.3, -0.25) is 4.79 Å². The van der Waals surface area contributed by atoms with E-state index in [4.69, 9.17) is 0 Å². The fraction of sp³-hybridized carbons (Fsp3) is 0.444. The molecule has 1 aromatic carbocycles. The molecular formula is C18H22N2O2S. The van der Waals surface area contributed by atoms with Crippen LogP contribution in [0.1, 0.15) is 35.8 Å². The lowest BCUT2D eigenvalue weighted by molar-refractivity contribution is 0.0466. The van der Waals surface area contributed by atoms with E-state index in [1.807, 2.05) is 48.4 Å². The van der Waals surface area contributed by atoms with E-state index in [1.165, 1.54) is 0 Å². The Balaban J connectivity index is 1.72. The number of aliphatic hydroxyl groups excluding tert-OH is 1. The van der Waals surface area contributed by atoms with Gasteiger partial charge in [0.05, 0.1) is 6.10 Å². The fourth-order valence-corrected chi connectivity index (χ4v) is 3.82. The molecule has 2 aromatic rings. The summed E-state index contributed by atoms with van der Waals surface area (Å²) in [5.74, 6) is 0.238. The number of piperidine rings is 1. The van der Waals surface area contributed by atoms with Gasteiger partial charge in [0.1, 0.15) is 5.01 Å². The molecule has 4 nitrogen and oxygen atoms in total. The summed E-state index contributed by atoms with van der Waals surface area (Å²) >= 11 is 1.61. The second-order valence-electron chi connectivity index (χ2n) is 6.27. The first kappa shape index (κ1) is 16.1. The van der Waals surface area contributed by atoms with Crippen LogP contribution in [0.15, 0.2) is 29.6 Å². The van der Waals surface area contributed by atoms with Crippen molar-refractivity contribution in [3.8, 4) is 10.6 Å². The average molecular weight is 330 g/mol. The van der Waals surface area contributed by atoms with Crippen LogP contribution in [0.4, 0.5) is 0 Å². The molecule has 2 unspecified atom stereocenters. The quantitative estimate of drug-likeness (QED) is 0.939. The van der Waals surface area contributed by atoms with Crippen molar-refractivity contribution < 1.29 is 9.90 Å². The molecule has 1 saturated heterocycles. The molecule has 5 heteroatoms. The minimum Gasteiger partial charge on any atom is -0.393 e. The normalized spacial score (nSPS) is 19.6. The Morgan fingerprint density at radius 2 is 2.13 bits per heavy atom. The number of carbonyl (C=O) groups excluding carboxylic acids is 1. The number of nitrogens with zero attached hydrogens (tertiary/aromatic N) is 2. The van der Waals surface area contributed by atoms with Crippen molar-refractivity contribution in [2.24, 2.45) is 5.92 Å². The Kier molecular flexibility index (Phi) is 4.78. The highest BCUT2D eigenvalue weighted by atomic mass is 32.1. The van der Waals surface area contributed by atoms with Crippen molar-refractivity contribution in [1.29, 1.82) is 0 Å². The summed E-state index contributed by atoms with van der Waals surface area (Å²) in [4.78, 5) is 19.0. The van der Waals surface area contributed by atoms with E-state index >= 15 is 0 Å². The zero-order valence-corrected chi connectivity index (χ0v) is 14.3. The van der Waals surface area contributed by atoms with E-state index in [2.05, 4.69) is 4.98 Å². The molecule has 23 heavy (non-hydrogen) atoms. The van der Waals surface area contributed by atoms with Crippen molar-refractivity contribution in [2.75, 3.05) is 13.1 Å². The molecule has 1 aromatic heterocycles. The van der Waals surface area contributed by atoms with Gasteiger partial charge < -0.3 is 10.0 Å². The van der Waals surface area contributed by atoms with Gasteiger partial charge in [-0.05, 0) is 38.8 Å². The smallest absolute Gasteiger partial charge is 0.253 e. The molecule has 1 N–H and O–H groups in total. The minimum absolute atomic E-state index is 0.0530. The number of aryl methyl sites for hydroxylation is 1. The lowest BCUT2D eigenvalue weighted by Gasteiger charge is -2.34. The lowest BCUT2D eigenvalue weighted by atomic mass is 9.93. The van der Waals surface area contributed by atoms with Crippen molar-refractivity contribution in [3.63, 3.8) is 0 Å². The number of thiazole rings is 1. The number of benzene rings is 1. The Bertz CT molecular complexity index is 679. The van der Waals surface area contributed by atoms with Crippen LogP contribution in [0.5, 0.6) is 0 Å². The SMILES string of the molecule is Cc1csc(-c2ccc(C(=O)N3CCCC(C(C)O)C3)cc2)n1. The van der Waals surface area contributed by atoms with Crippen LogP contribution >= 0.6 is 11.3 Å². The first-order valence-corrected chi connectivity index (χ1v) is 8.92. The van der Waals surface area contributed by atoms with E-state index in [1.54, 1.807) is 11.3 Å². The molecule has 0 spiro atoms. The van der Waals surface area contributed by atoms with Gasteiger partial charge in [-0.25, -0.2) is 4.98 Å². The van der Waals surface area contributed by atoms with Crippen LogP contribution in [0.2, 0.25) is 0 Å². The van der Waals surface area contributed by atoms with E-state index < -0.39 is 0 Å². The fourth-order valence-electron chi connectivity index (χ4n) is 3.01. The van der Waals surface area contributed by atoms with Crippen LogP contribution in [0.3, 0.4) is 0 Å². The number of carbonyl (C=O) groups is 1. The highest BCUT2D eigenvalue weighted by Crippen LogP contribution is 2.25. The van der Waals surface area contributed by atoms with Crippen LogP contribution in [-0.2, 0) is 0 Å². The van der Waals surface area contributed by atoms with Gasteiger partial charge in [0.2, 0.25) is 0 Å². The summed E-state index contributed by atoms with van der Waals surface area (Å²) in [5, 5.41) is 12.8. The topological polar surface area (TPSA) is 53.4 Å². The van der Waals surface area contributed by atoms with E-state index in [0.717, 1.165) is 35.7 Å². The molecule has 2 heterocycles. The molecule has 0 aliphatic carbocycles. The summed E-state index contributed by atoms with van der Waals surface area (Å²) in [5.41, 5.74) is 2.76. The predicted molar refractivity (Wildman–Crippen MR) is 92.6 cm³/mol. The van der Waals surface area contributed by atoms with Crippen LogP contribution < -0.4 is 0 Å². The third-order valence-corrected chi connectivity index (χ3v) is 5.43. The van der Waals surface area contributed by atoms with Crippen molar-refractivity contribution in [1.82, 2.24) is 9.88 Å². The van der Waals surface area contributed by atoms with Crippen LogP contribution in [-0.4, -0.2) is 40.1 Å². The average Bonchev–Trinajstić information content (AvgIpc) is 3.01. The first-order valence-electron chi connectivity index (χ1n) is 8.04. The van der Waals surface area contributed by atoms with E-state index in [0.29, 0.717) is 12.1 Å². The number of hydrogen-bond acceptors (Lipinski definition) is 4. The van der Waals surface area contributed by atoms with Crippen LogP contribution in [0, 0.1) is 12.8 Å². The molecule has 1 aliphatic heterocycles. The van der Waals surface area contributed by atoms with Gasteiger partial charge in [-0.2, -0.15) is 0 Å². The number of aliphatic hydroxyl groups is 1. The Hall–Kier alpha value is -1.72. The van der Waals surface area contributed by atoms with Gasteiger partial charge in [-0.1, -0.05) is 12.1 Å². The second kappa shape index (κ2) is 6.81. The third kappa shape index (κ3) is 3.62. The molecule has 0 saturated carbocycles. The molecule has 2 atom stereocenters. The molecule has 1 amide bonds. The van der Waals surface area contributed by atoms with Gasteiger partial charge in [0, 0.05) is 41.2 Å². The number of aromatic nitrogens is 1. The summed E-state index contributed by atoms with van der Waals surface area (Å²) in [6.07, 6.45) is 1.59. The number of likely N-dealkylation sites (tertiary alicyclic amines) is 1. The maximum absolute atomic E-state index is 12.7. The molecule has 122 valence electrons. The molecule has 1 aliphatic rings. The Labute approximate surface area is 140 Å². The maximum Gasteiger partial charge on any atom is 0.253 e. The zero-order chi connectivity index (χ0) is 16.4. The highest BCUT2D eigenvalue weighted by Gasteiger charge is 2.27. The second-order valence-corrected chi connectivity index (χ2v) is 7.12. The number of hydrogen-bond donors (Lipinski definition) is 1. The summed E-state index contributed by atoms with van der Waals surface area (Å²) in [6, 6.07) is 7.67. The largest absolute Gasteiger partial charge is 0.393 e. The predicted octanol–water partition coefficient (Wildman–Crippen LogP) is 3.35. The molecule has 0 radical (unpaired) electrons. The van der Waals surface area contributed by atoms with Crippen molar-refractivity contribution in [3.05, 3.63) is 40.9 Å². The number of rotatable bonds is 3. The zero-order valence-electron chi connectivity index (χ0n) is 13.5. The van der Waals surface area contributed by atoms with Gasteiger partial charge in [0.15, 0.2) is 0 Å². The summed E-state index contributed by atoms with van der Waals surface area (Å²) < 4.78 is 0. The van der Waals surface area contributed by atoms with E-state index in [-0.39, 0.29) is 17.9 Å². The number of amides is 1. The molecular weight excluding hydrogens is 308 g/mol.